The fourth-order valence-corrected chi connectivity index (χ4v) is 3.54. The van der Waals surface area contributed by atoms with E-state index in [-0.39, 0.29) is 29.2 Å². The molecule has 0 fully saturated rings. The fraction of sp³-hybridized carbons (Fsp3) is 0.160. The van der Waals surface area contributed by atoms with Crippen molar-refractivity contribution in [3.8, 4) is 5.75 Å². The molecule has 34 heavy (non-hydrogen) atoms. The van der Waals surface area contributed by atoms with Crippen LogP contribution in [0.4, 0.5) is 10.2 Å². The number of hydrogen-bond acceptors (Lipinski definition) is 5. The number of pyridine rings is 1. The van der Waals surface area contributed by atoms with Crippen LogP contribution in [0.5, 0.6) is 5.75 Å². The molecule has 0 radical (unpaired) electrons. The van der Waals surface area contributed by atoms with E-state index in [4.69, 9.17) is 10.5 Å². The highest BCUT2D eigenvalue weighted by molar-refractivity contribution is 5.98. The van der Waals surface area contributed by atoms with Gasteiger partial charge in [0.05, 0.1) is 20.2 Å². The average Bonchev–Trinajstić information content (AvgIpc) is 3.21. The molecule has 2 aromatic carbocycles. The Balaban J connectivity index is 1.39. The Hall–Kier alpha value is -4.40. The number of nitrogen functional groups attached to an aromatic ring is 1. The third kappa shape index (κ3) is 5.15. The van der Waals surface area contributed by atoms with Gasteiger partial charge in [0, 0.05) is 30.6 Å². The summed E-state index contributed by atoms with van der Waals surface area (Å²) < 4.78 is 22.5. The zero-order valence-electron chi connectivity index (χ0n) is 18.6. The molecule has 3 N–H and O–H groups in total. The van der Waals surface area contributed by atoms with Gasteiger partial charge in [0.25, 0.3) is 11.5 Å². The van der Waals surface area contributed by atoms with Crippen LogP contribution in [0.15, 0.2) is 77.9 Å². The minimum absolute atomic E-state index is 0.0154. The van der Waals surface area contributed by atoms with Crippen molar-refractivity contribution in [3.63, 3.8) is 0 Å². The standard InChI is InChI=1S/C25H24FN5O3/c1-34-21-6-4-5-19(23(21)26)13-28-25(33)20-16-31(29-24(20)27)15-18-10-8-17(9-11-18)14-30-12-3-2-7-22(30)32/h2-12,16H,13-15H2,1H3,(H2,27,29)(H,28,33). The molecule has 0 saturated carbocycles. The summed E-state index contributed by atoms with van der Waals surface area (Å²) in [5, 5.41) is 6.89. The number of halogens is 1. The first-order valence-corrected chi connectivity index (χ1v) is 10.6. The maximum Gasteiger partial charge on any atom is 0.256 e. The van der Waals surface area contributed by atoms with Gasteiger partial charge in [-0.15, -0.1) is 0 Å². The number of methoxy groups -OCH3 is 1. The van der Waals surface area contributed by atoms with Crippen molar-refractivity contribution in [1.82, 2.24) is 19.7 Å². The highest BCUT2D eigenvalue weighted by atomic mass is 19.1. The normalized spacial score (nSPS) is 10.8. The van der Waals surface area contributed by atoms with E-state index in [1.807, 2.05) is 30.3 Å². The zero-order chi connectivity index (χ0) is 24.1. The van der Waals surface area contributed by atoms with Crippen molar-refractivity contribution < 1.29 is 13.9 Å². The molecular formula is C25H24FN5O3. The summed E-state index contributed by atoms with van der Waals surface area (Å²) in [6, 6.07) is 17.5. The average molecular weight is 461 g/mol. The van der Waals surface area contributed by atoms with E-state index in [2.05, 4.69) is 10.4 Å². The minimum atomic E-state index is -0.519. The van der Waals surface area contributed by atoms with Crippen LogP contribution >= 0.6 is 0 Å². The van der Waals surface area contributed by atoms with E-state index in [1.54, 1.807) is 39.8 Å². The monoisotopic (exact) mass is 461 g/mol. The van der Waals surface area contributed by atoms with Crippen LogP contribution in [0, 0.1) is 5.82 Å². The van der Waals surface area contributed by atoms with E-state index in [1.165, 1.54) is 19.2 Å². The largest absolute Gasteiger partial charge is 0.494 e. The predicted octanol–water partition coefficient (Wildman–Crippen LogP) is 2.80. The highest BCUT2D eigenvalue weighted by Gasteiger charge is 2.16. The van der Waals surface area contributed by atoms with Crippen molar-refractivity contribution in [1.29, 1.82) is 0 Å². The molecule has 1 amide bonds. The molecule has 9 heteroatoms. The number of carbonyl (C=O) groups excluding carboxylic acids is 1. The summed E-state index contributed by atoms with van der Waals surface area (Å²) in [7, 11) is 1.38. The van der Waals surface area contributed by atoms with Crippen LogP contribution in [-0.4, -0.2) is 27.4 Å². The van der Waals surface area contributed by atoms with Crippen molar-refractivity contribution in [2.24, 2.45) is 0 Å². The molecule has 0 atom stereocenters. The third-order valence-corrected chi connectivity index (χ3v) is 5.36. The molecule has 0 aliphatic rings. The Morgan fingerprint density at radius 1 is 1.06 bits per heavy atom. The van der Waals surface area contributed by atoms with Gasteiger partial charge in [-0.25, -0.2) is 4.39 Å². The Bertz CT molecular complexity index is 1360. The molecule has 2 aromatic heterocycles. The van der Waals surface area contributed by atoms with Gasteiger partial charge in [0.15, 0.2) is 17.4 Å². The van der Waals surface area contributed by atoms with Crippen LogP contribution < -0.4 is 21.3 Å². The number of hydrogen-bond donors (Lipinski definition) is 2. The molecule has 0 bridgehead atoms. The molecule has 4 aromatic rings. The van der Waals surface area contributed by atoms with E-state index < -0.39 is 11.7 Å². The Labute approximate surface area is 195 Å². The number of nitrogens with one attached hydrogen (secondary N) is 1. The van der Waals surface area contributed by atoms with Crippen LogP contribution in [-0.2, 0) is 19.6 Å². The van der Waals surface area contributed by atoms with Crippen LogP contribution in [0.1, 0.15) is 27.0 Å². The minimum Gasteiger partial charge on any atom is -0.494 e. The number of amides is 1. The molecule has 0 unspecified atom stereocenters. The molecule has 0 aliphatic carbocycles. The second-order valence-corrected chi connectivity index (χ2v) is 7.72. The van der Waals surface area contributed by atoms with Gasteiger partial charge < -0.3 is 20.4 Å². The predicted molar refractivity (Wildman–Crippen MR) is 126 cm³/mol. The number of aromatic nitrogens is 3. The van der Waals surface area contributed by atoms with Crippen molar-refractivity contribution in [3.05, 3.63) is 111 Å². The van der Waals surface area contributed by atoms with Gasteiger partial charge >= 0.3 is 0 Å². The number of ether oxygens (including phenoxy) is 1. The van der Waals surface area contributed by atoms with Crippen LogP contribution in [0.25, 0.3) is 0 Å². The molecule has 4 rings (SSSR count). The molecule has 8 nitrogen and oxygen atoms in total. The van der Waals surface area contributed by atoms with E-state index >= 15 is 0 Å². The quantitative estimate of drug-likeness (QED) is 0.420. The van der Waals surface area contributed by atoms with Gasteiger partial charge in [-0.05, 0) is 23.3 Å². The Morgan fingerprint density at radius 2 is 1.79 bits per heavy atom. The van der Waals surface area contributed by atoms with Crippen molar-refractivity contribution >= 4 is 11.7 Å². The topological polar surface area (TPSA) is 104 Å². The second-order valence-electron chi connectivity index (χ2n) is 7.72. The van der Waals surface area contributed by atoms with Gasteiger partial charge in [-0.3, -0.25) is 14.3 Å². The summed E-state index contributed by atoms with van der Waals surface area (Å²) >= 11 is 0. The Morgan fingerprint density at radius 3 is 2.50 bits per heavy atom. The van der Waals surface area contributed by atoms with Gasteiger partial charge in [0.1, 0.15) is 5.56 Å². The summed E-state index contributed by atoms with van der Waals surface area (Å²) in [5.41, 5.74) is 8.35. The molecule has 0 spiro atoms. The number of nitrogens with two attached hydrogens (primary N) is 1. The van der Waals surface area contributed by atoms with E-state index in [0.717, 1.165) is 11.1 Å². The van der Waals surface area contributed by atoms with E-state index in [0.29, 0.717) is 18.7 Å². The molecule has 0 aliphatic heterocycles. The Kier molecular flexibility index (Phi) is 6.72. The second kappa shape index (κ2) is 10.0. The van der Waals surface area contributed by atoms with Crippen molar-refractivity contribution in [2.75, 3.05) is 12.8 Å². The number of carbonyl (C=O) groups is 1. The summed E-state index contributed by atoms with van der Waals surface area (Å²) in [4.78, 5) is 24.5. The first-order chi connectivity index (χ1) is 16.4. The third-order valence-electron chi connectivity index (χ3n) is 5.36. The van der Waals surface area contributed by atoms with Crippen molar-refractivity contribution in [2.45, 2.75) is 19.6 Å². The van der Waals surface area contributed by atoms with Crippen LogP contribution in [0.2, 0.25) is 0 Å². The number of nitrogens with zero attached hydrogens (tertiary/aromatic N) is 3. The lowest BCUT2D eigenvalue weighted by Gasteiger charge is -2.08. The number of benzene rings is 2. The molecule has 174 valence electrons. The lowest BCUT2D eigenvalue weighted by atomic mass is 10.1. The van der Waals surface area contributed by atoms with Crippen LogP contribution in [0.3, 0.4) is 0 Å². The lowest BCUT2D eigenvalue weighted by Crippen LogP contribution is -2.23. The summed E-state index contributed by atoms with van der Waals surface area (Å²) in [5.74, 6) is -0.770. The molecular weight excluding hydrogens is 437 g/mol. The lowest BCUT2D eigenvalue weighted by molar-refractivity contribution is 0.0951. The first kappa shape index (κ1) is 22.8. The van der Waals surface area contributed by atoms with Gasteiger partial charge in [0.2, 0.25) is 0 Å². The summed E-state index contributed by atoms with van der Waals surface area (Å²) in [6.45, 7) is 0.874. The smallest absolute Gasteiger partial charge is 0.256 e. The van der Waals surface area contributed by atoms with Gasteiger partial charge in [-0.2, -0.15) is 5.10 Å². The molecule has 0 saturated heterocycles. The maximum atomic E-state index is 14.3. The summed E-state index contributed by atoms with van der Waals surface area (Å²) in [6.07, 6.45) is 3.31. The zero-order valence-corrected chi connectivity index (χ0v) is 18.6. The number of anilines is 1. The number of rotatable bonds is 8. The van der Waals surface area contributed by atoms with E-state index in [9.17, 15) is 14.0 Å². The highest BCUT2D eigenvalue weighted by Crippen LogP contribution is 2.20. The maximum absolute atomic E-state index is 14.3. The first-order valence-electron chi connectivity index (χ1n) is 10.6. The SMILES string of the molecule is COc1cccc(CNC(=O)c2cn(Cc3ccc(Cn4ccccc4=O)cc3)nc2N)c1F. The molecule has 2 heterocycles. The fourth-order valence-electron chi connectivity index (χ4n) is 3.54. The van der Waals surface area contributed by atoms with Gasteiger partial charge in [-0.1, -0.05) is 42.5 Å².